The second-order valence-electron chi connectivity index (χ2n) is 5.51. The first-order valence-electron chi connectivity index (χ1n) is 6.70. The van der Waals surface area contributed by atoms with Crippen molar-refractivity contribution in [3.8, 4) is 0 Å². The molecule has 4 heteroatoms. The van der Waals surface area contributed by atoms with Gasteiger partial charge in [-0.3, -0.25) is 0 Å². The summed E-state index contributed by atoms with van der Waals surface area (Å²) in [5.41, 5.74) is 0.0502. The van der Waals surface area contributed by atoms with Gasteiger partial charge in [0, 0.05) is 18.1 Å². The van der Waals surface area contributed by atoms with E-state index in [1.807, 2.05) is 25.1 Å². The van der Waals surface area contributed by atoms with Crippen molar-refractivity contribution in [2.75, 3.05) is 19.6 Å². The van der Waals surface area contributed by atoms with Gasteiger partial charge < -0.3 is 15.1 Å². The second kappa shape index (κ2) is 7.25. The lowest BCUT2D eigenvalue weighted by molar-refractivity contribution is 0.0322. The molecule has 1 aromatic rings. The average molecular weight is 286 g/mol. The molecule has 1 unspecified atom stereocenters. The summed E-state index contributed by atoms with van der Waals surface area (Å²) >= 11 is 6.06. The monoisotopic (exact) mass is 285 g/mol. The Morgan fingerprint density at radius 2 is 1.95 bits per heavy atom. The molecule has 2 N–H and O–H groups in total. The quantitative estimate of drug-likeness (QED) is 0.810. The molecular weight excluding hydrogens is 262 g/mol. The normalized spacial score (nSPS) is 13.8. The van der Waals surface area contributed by atoms with E-state index in [1.54, 1.807) is 19.9 Å². The van der Waals surface area contributed by atoms with E-state index in [1.165, 1.54) is 0 Å². The zero-order valence-corrected chi connectivity index (χ0v) is 12.7. The minimum absolute atomic E-state index is 0.565. The highest BCUT2D eigenvalue weighted by Crippen LogP contribution is 2.25. The number of hydrogen-bond acceptors (Lipinski definition) is 3. The Morgan fingerprint density at radius 3 is 2.47 bits per heavy atom. The van der Waals surface area contributed by atoms with E-state index in [0.29, 0.717) is 18.0 Å². The van der Waals surface area contributed by atoms with Gasteiger partial charge in [0.2, 0.25) is 0 Å². The van der Waals surface area contributed by atoms with Gasteiger partial charge in [0.15, 0.2) is 0 Å². The number of likely N-dealkylation sites (N-methyl/N-ethyl adjacent to an activating group) is 1. The standard InChI is InChI=1S/C15H24ClNO2/c1-4-17(11-15(2,3)19)10-9-14(18)12-7-5-6-8-13(12)16/h5-8,14,18-19H,4,9-11H2,1-3H3. The van der Waals surface area contributed by atoms with E-state index in [0.717, 1.165) is 18.7 Å². The molecular formula is C15H24ClNO2. The first kappa shape index (κ1) is 16.4. The van der Waals surface area contributed by atoms with E-state index in [4.69, 9.17) is 11.6 Å². The van der Waals surface area contributed by atoms with Crippen molar-refractivity contribution in [3.63, 3.8) is 0 Å². The van der Waals surface area contributed by atoms with Crippen LogP contribution in [0.2, 0.25) is 5.02 Å². The molecule has 0 bridgehead atoms. The van der Waals surface area contributed by atoms with Crippen LogP contribution < -0.4 is 0 Å². The van der Waals surface area contributed by atoms with Crippen molar-refractivity contribution in [2.45, 2.75) is 38.9 Å². The predicted octanol–water partition coefficient (Wildman–Crippen LogP) is 2.86. The fourth-order valence-corrected chi connectivity index (χ4v) is 2.36. The van der Waals surface area contributed by atoms with E-state index >= 15 is 0 Å². The molecule has 0 aliphatic rings. The van der Waals surface area contributed by atoms with Gasteiger partial charge in [-0.05, 0) is 38.4 Å². The number of aliphatic hydroxyl groups is 2. The van der Waals surface area contributed by atoms with Gasteiger partial charge in [-0.15, -0.1) is 0 Å². The molecule has 108 valence electrons. The summed E-state index contributed by atoms with van der Waals surface area (Å²) in [6.45, 7) is 7.80. The molecule has 0 amide bonds. The summed E-state index contributed by atoms with van der Waals surface area (Å²) in [7, 11) is 0. The van der Waals surface area contributed by atoms with Crippen LogP contribution in [0.25, 0.3) is 0 Å². The summed E-state index contributed by atoms with van der Waals surface area (Å²) < 4.78 is 0. The lowest BCUT2D eigenvalue weighted by Crippen LogP contribution is -2.39. The Hall–Kier alpha value is -0.610. The van der Waals surface area contributed by atoms with Crippen LogP contribution in [0.3, 0.4) is 0 Å². The number of benzene rings is 1. The van der Waals surface area contributed by atoms with E-state index in [9.17, 15) is 10.2 Å². The van der Waals surface area contributed by atoms with Crippen molar-refractivity contribution in [1.29, 1.82) is 0 Å². The SMILES string of the molecule is CCN(CCC(O)c1ccccc1Cl)CC(C)(C)O. The zero-order chi connectivity index (χ0) is 14.5. The molecule has 1 atom stereocenters. The van der Waals surface area contributed by atoms with Crippen molar-refractivity contribution < 1.29 is 10.2 Å². The zero-order valence-electron chi connectivity index (χ0n) is 11.9. The molecule has 0 saturated heterocycles. The lowest BCUT2D eigenvalue weighted by Gasteiger charge is -2.28. The third kappa shape index (κ3) is 5.91. The Labute approximate surface area is 120 Å². The third-order valence-electron chi connectivity index (χ3n) is 3.04. The van der Waals surface area contributed by atoms with Crippen molar-refractivity contribution >= 4 is 11.6 Å². The minimum Gasteiger partial charge on any atom is -0.389 e. The molecule has 0 fully saturated rings. The van der Waals surface area contributed by atoms with E-state index < -0.39 is 11.7 Å². The van der Waals surface area contributed by atoms with Crippen LogP contribution in [0.15, 0.2) is 24.3 Å². The summed E-state index contributed by atoms with van der Waals surface area (Å²) in [4.78, 5) is 2.13. The number of hydrogen-bond donors (Lipinski definition) is 2. The fourth-order valence-electron chi connectivity index (χ4n) is 2.10. The van der Waals surface area contributed by atoms with E-state index in [-0.39, 0.29) is 0 Å². The van der Waals surface area contributed by atoms with Crippen molar-refractivity contribution in [1.82, 2.24) is 4.90 Å². The lowest BCUT2D eigenvalue weighted by atomic mass is 10.1. The van der Waals surface area contributed by atoms with Crippen LogP contribution in [0.1, 0.15) is 38.9 Å². The fraction of sp³-hybridized carbons (Fsp3) is 0.600. The van der Waals surface area contributed by atoms with Crippen LogP contribution in [-0.4, -0.2) is 40.3 Å². The number of nitrogens with zero attached hydrogens (tertiary/aromatic N) is 1. The summed E-state index contributed by atoms with van der Waals surface area (Å²) in [6.07, 6.45) is 0.0396. The van der Waals surface area contributed by atoms with Crippen LogP contribution in [0.5, 0.6) is 0 Å². The Morgan fingerprint density at radius 1 is 1.32 bits per heavy atom. The maximum absolute atomic E-state index is 10.2. The van der Waals surface area contributed by atoms with Crippen LogP contribution in [0, 0.1) is 0 Å². The van der Waals surface area contributed by atoms with Gasteiger partial charge in [0.1, 0.15) is 0 Å². The highest BCUT2D eigenvalue weighted by atomic mass is 35.5. The first-order valence-corrected chi connectivity index (χ1v) is 7.08. The summed E-state index contributed by atoms with van der Waals surface area (Å²) in [5.74, 6) is 0. The third-order valence-corrected chi connectivity index (χ3v) is 3.38. The largest absolute Gasteiger partial charge is 0.389 e. The molecule has 19 heavy (non-hydrogen) atoms. The molecule has 0 radical (unpaired) electrons. The van der Waals surface area contributed by atoms with Crippen molar-refractivity contribution in [2.24, 2.45) is 0 Å². The van der Waals surface area contributed by atoms with E-state index in [2.05, 4.69) is 4.90 Å². The van der Waals surface area contributed by atoms with Crippen LogP contribution in [-0.2, 0) is 0 Å². The molecule has 0 aliphatic heterocycles. The van der Waals surface area contributed by atoms with Crippen LogP contribution >= 0.6 is 11.6 Å². The predicted molar refractivity (Wildman–Crippen MR) is 79.4 cm³/mol. The second-order valence-corrected chi connectivity index (χ2v) is 5.91. The van der Waals surface area contributed by atoms with Crippen molar-refractivity contribution in [3.05, 3.63) is 34.9 Å². The molecule has 0 saturated carbocycles. The Balaban J connectivity index is 2.53. The maximum atomic E-state index is 10.2. The highest BCUT2D eigenvalue weighted by Gasteiger charge is 2.18. The topological polar surface area (TPSA) is 43.7 Å². The Bertz CT molecular complexity index is 390. The Kier molecular flexibility index (Phi) is 6.27. The number of rotatable bonds is 7. The number of aliphatic hydroxyl groups excluding tert-OH is 1. The molecule has 0 heterocycles. The van der Waals surface area contributed by atoms with Gasteiger partial charge in [0.25, 0.3) is 0 Å². The average Bonchev–Trinajstić information content (AvgIpc) is 2.33. The molecule has 0 spiro atoms. The van der Waals surface area contributed by atoms with Gasteiger partial charge in [-0.2, -0.15) is 0 Å². The summed E-state index contributed by atoms with van der Waals surface area (Å²) in [5, 5.41) is 20.6. The van der Waals surface area contributed by atoms with Gasteiger partial charge >= 0.3 is 0 Å². The molecule has 0 aromatic heterocycles. The van der Waals surface area contributed by atoms with Gasteiger partial charge in [-0.1, -0.05) is 36.7 Å². The maximum Gasteiger partial charge on any atom is 0.0816 e. The van der Waals surface area contributed by atoms with Crippen LogP contribution in [0.4, 0.5) is 0 Å². The smallest absolute Gasteiger partial charge is 0.0816 e. The molecule has 3 nitrogen and oxygen atoms in total. The first-order chi connectivity index (χ1) is 8.83. The highest BCUT2D eigenvalue weighted by molar-refractivity contribution is 6.31. The molecule has 0 aliphatic carbocycles. The number of halogens is 1. The molecule has 1 aromatic carbocycles. The molecule has 1 rings (SSSR count). The minimum atomic E-state index is -0.717. The van der Waals surface area contributed by atoms with Gasteiger partial charge in [0.05, 0.1) is 11.7 Å². The van der Waals surface area contributed by atoms with Gasteiger partial charge in [-0.25, -0.2) is 0 Å². The summed E-state index contributed by atoms with van der Waals surface area (Å²) in [6, 6.07) is 7.36.